The van der Waals surface area contributed by atoms with Crippen LogP contribution in [0.3, 0.4) is 0 Å². The van der Waals surface area contributed by atoms with Gasteiger partial charge in [0.25, 0.3) is 5.95 Å². The molecule has 0 radical (unpaired) electrons. The molecule has 0 aliphatic carbocycles. The van der Waals surface area contributed by atoms with Crippen molar-refractivity contribution in [3.8, 4) is 5.75 Å². The first-order chi connectivity index (χ1) is 10.8. The Morgan fingerprint density at radius 2 is 1.95 bits per heavy atom. The zero-order chi connectivity index (χ0) is 15.2. The van der Waals surface area contributed by atoms with Crippen LogP contribution in [0.5, 0.6) is 5.75 Å². The van der Waals surface area contributed by atoms with E-state index in [-0.39, 0.29) is 0 Å². The molecule has 0 fully saturated rings. The van der Waals surface area contributed by atoms with Gasteiger partial charge >= 0.3 is 0 Å². The number of ether oxygens (including phenoxy) is 1. The molecule has 0 unspecified atom stereocenters. The number of hydrogen-bond acceptors (Lipinski definition) is 5. The van der Waals surface area contributed by atoms with E-state index in [1.165, 1.54) is 0 Å². The van der Waals surface area contributed by atoms with E-state index in [0.717, 1.165) is 16.9 Å². The number of halogens is 1. The first-order valence-corrected chi connectivity index (χ1v) is 7.11. The van der Waals surface area contributed by atoms with Gasteiger partial charge in [-0.25, -0.2) is 0 Å². The SMILES string of the molecule is Clc1cccc(COc2ccc(CNc3nn[nH]n3)cc2)c1. The highest BCUT2D eigenvalue weighted by Gasteiger charge is 2.00. The molecule has 1 heterocycles. The second-order valence-electron chi connectivity index (χ2n) is 4.65. The van der Waals surface area contributed by atoms with Crippen LogP contribution in [-0.2, 0) is 13.2 Å². The second kappa shape index (κ2) is 6.91. The Hall–Kier alpha value is -2.60. The third-order valence-corrected chi connectivity index (χ3v) is 3.25. The van der Waals surface area contributed by atoms with Gasteiger partial charge in [0.15, 0.2) is 0 Å². The van der Waals surface area contributed by atoms with Crippen LogP contribution < -0.4 is 10.1 Å². The van der Waals surface area contributed by atoms with Gasteiger partial charge in [-0.1, -0.05) is 41.0 Å². The maximum atomic E-state index is 5.95. The predicted octanol–water partition coefficient (Wildman–Crippen LogP) is 3.04. The number of nitrogens with one attached hydrogen (secondary N) is 2. The lowest BCUT2D eigenvalue weighted by atomic mass is 10.2. The Kier molecular flexibility index (Phi) is 4.50. The van der Waals surface area contributed by atoms with Gasteiger partial charge in [0.2, 0.25) is 0 Å². The molecule has 0 saturated heterocycles. The lowest BCUT2D eigenvalue weighted by Gasteiger charge is -2.08. The highest BCUT2D eigenvalue weighted by molar-refractivity contribution is 6.30. The third-order valence-electron chi connectivity index (χ3n) is 3.01. The predicted molar refractivity (Wildman–Crippen MR) is 83.7 cm³/mol. The molecular formula is C15H14ClN5O. The monoisotopic (exact) mass is 315 g/mol. The lowest BCUT2D eigenvalue weighted by Crippen LogP contribution is -2.01. The summed E-state index contributed by atoms with van der Waals surface area (Å²) in [7, 11) is 0. The number of benzene rings is 2. The Bertz CT molecular complexity index is 715. The summed E-state index contributed by atoms with van der Waals surface area (Å²) in [5.41, 5.74) is 2.13. The number of nitrogens with zero attached hydrogens (tertiary/aromatic N) is 3. The van der Waals surface area contributed by atoms with E-state index in [1.807, 2.05) is 48.5 Å². The van der Waals surface area contributed by atoms with Crippen molar-refractivity contribution in [2.24, 2.45) is 0 Å². The molecule has 2 N–H and O–H groups in total. The van der Waals surface area contributed by atoms with Gasteiger partial charge in [-0.3, -0.25) is 0 Å². The van der Waals surface area contributed by atoms with Crippen LogP contribution >= 0.6 is 11.6 Å². The fourth-order valence-corrected chi connectivity index (χ4v) is 2.13. The molecule has 6 nitrogen and oxygen atoms in total. The molecule has 0 bridgehead atoms. The highest BCUT2D eigenvalue weighted by Crippen LogP contribution is 2.16. The summed E-state index contributed by atoms with van der Waals surface area (Å²) in [6.45, 7) is 1.11. The summed E-state index contributed by atoms with van der Waals surface area (Å²) in [6, 6.07) is 15.5. The zero-order valence-corrected chi connectivity index (χ0v) is 12.4. The van der Waals surface area contributed by atoms with Crippen molar-refractivity contribution in [1.29, 1.82) is 0 Å². The van der Waals surface area contributed by atoms with E-state index in [9.17, 15) is 0 Å². The summed E-state index contributed by atoms with van der Waals surface area (Å²) in [6.07, 6.45) is 0. The van der Waals surface area contributed by atoms with Gasteiger partial charge in [0.05, 0.1) is 0 Å². The van der Waals surface area contributed by atoms with Crippen LogP contribution in [0.15, 0.2) is 48.5 Å². The maximum Gasteiger partial charge on any atom is 0.263 e. The largest absolute Gasteiger partial charge is 0.489 e. The number of anilines is 1. The molecule has 1 aromatic heterocycles. The number of rotatable bonds is 6. The lowest BCUT2D eigenvalue weighted by molar-refractivity contribution is 0.306. The molecule has 0 atom stereocenters. The second-order valence-corrected chi connectivity index (χ2v) is 5.09. The van der Waals surface area contributed by atoms with Gasteiger partial charge in [-0.05, 0) is 40.6 Å². The van der Waals surface area contributed by atoms with E-state index in [4.69, 9.17) is 16.3 Å². The van der Waals surface area contributed by atoms with Crippen LogP contribution in [0.2, 0.25) is 5.02 Å². The average Bonchev–Trinajstić information content (AvgIpc) is 3.05. The Balaban J connectivity index is 1.53. The Morgan fingerprint density at radius 3 is 2.68 bits per heavy atom. The molecule has 0 aliphatic rings. The molecule has 3 aromatic rings. The first kappa shape index (κ1) is 14.3. The van der Waals surface area contributed by atoms with E-state index >= 15 is 0 Å². The Labute approximate surface area is 132 Å². The summed E-state index contributed by atoms with van der Waals surface area (Å²) in [4.78, 5) is 0. The molecule has 112 valence electrons. The number of tetrazole rings is 1. The van der Waals surface area contributed by atoms with Crippen LogP contribution in [0.1, 0.15) is 11.1 Å². The molecule has 3 rings (SSSR count). The average molecular weight is 316 g/mol. The van der Waals surface area contributed by atoms with E-state index in [2.05, 4.69) is 25.9 Å². The van der Waals surface area contributed by atoms with Crippen LogP contribution in [-0.4, -0.2) is 20.6 Å². The Morgan fingerprint density at radius 1 is 1.09 bits per heavy atom. The van der Waals surface area contributed by atoms with Crippen molar-refractivity contribution in [3.63, 3.8) is 0 Å². The number of hydrogen-bond donors (Lipinski definition) is 2. The quantitative estimate of drug-likeness (QED) is 0.731. The third kappa shape index (κ3) is 3.95. The van der Waals surface area contributed by atoms with E-state index in [0.29, 0.717) is 24.1 Å². The highest BCUT2D eigenvalue weighted by atomic mass is 35.5. The normalized spacial score (nSPS) is 10.4. The summed E-state index contributed by atoms with van der Waals surface area (Å²) in [5.74, 6) is 1.28. The minimum absolute atomic E-state index is 0.473. The molecular weight excluding hydrogens is 302 g/mol. The van der Waals surface area contributed by atoms with Gasteiger partial charge < -0.3 is 10.1 Å². The smallest absolute Gasteiger partial charge is 0.263 e. The fourth-order valence-electron chi connectivity index (χ4n) is 1.91. The van der Waals surface area contributed by atoms with Crippen molar-refractivity contribution < 1.29 is 4.74 Å². The van der Waals surface area contributed by atoms with Gasteiger partial charge in [-0.2, -0.15) is 5.21 Å². The molecule has 22 heavy (non-hydrogen) atoms. The van der Waals surface area contributed by atoms with Crippen LogP contribution in [0.25, 0.3) is 0 Å². The number of aromatic nitrogens is 4. The fraction of sp³-hybridized carbons (Fsp3) is 0.133. The first-order valence-electron chi connectivity index (χ1n) is 6.73. The van der Waals surface area contributed by atoms with Crippen molar-refractivity contribution >= 4 is 17.5 Å². The summed E-state index contributed by atoms with van der Waals surface area (Å²) < 4.78 is 5.73. The van der Waals surface area contributed by atoms with Crippen molar-refractivity contribution in [2.75, 3.05) is 5.32 Å². The molecule has 7 heteroatoms. The molecule has 2 aromatic carbocycles. The van der Waals surface area contributed by atoms with Crippen molar-refractivity contribution in [2.45, 2.75) is 13.2 Å². The van der Waals surface area contributed by atoms with Crippen LogP contribution in [0.4, 0.5) is 5.95 Å². The van der Waals surface area contributed by atoms with Crippen LogP contribution in [0, 0.1) is 0 Å². The minimum Gasteiger partial charge on any atom is -0.489 e. The number of aromatic amines is 1. The van der Waals surface area contributed by atoms with Gasteiger partial charge in [0, 0.05) is 11.6 Å². The summed E-state index contributed by atoms with van der Waals surface area (Å²) in [5, 5.41) is 17.3. The topological polar surface area (TPSA) is 75.7 Å². The maximum absolute atomic E-state index is 5.95. The molecule has 0 aliphatic heterocycles. The van der Waals surface area contributed by atoms with Crippen molar-refractivity contribution in [1.82, 2.24) is 20.6 Å². The molecule has 0 spiro atoms. The van der Waals surface area contributed by atoms with Crippen molar-refractivity contribution in [3.05, 3.63) is 64.7 Å². The zero-order valence-electron chi connectivity index (χ0n) is 11.7. The molecule has 0 saturated carbocycles. The van der Waals surface area contributed by atoms with E-state index in [1.54, 1.807) is 0 Å². The van der Waals surface area contributed by atoms with Gasteiger partial charge in [-0.15, -0.1) is 5.10 Å². The van der Waals surface area contributed by atoms with E-state index < -0.39 is 0 Å². The minimum atomic E-state index is 0.473. The molecule has 0 amide bonds. The number of H-pyrrole nitrogens is 1. The van der Waals surface area contributed by atoms with Gasteiger partial charge in [0.1, 0.15) is 12.4 Å². The summed E-state index contributed by atoms with van der Waals surface area (Å²) >= 11 is 5.95. The standard InChI is InChI=1S/C15H14ClN5O/c16-13-3-1-2-12(8-13)10-22-14-6-4-11(5-7-14)9-17-15-18-20-21-19-15/h1-8H,9-10H2,(H2,17,18,19,20,21).